The Morgan fingerprint density at radius 2 is 1.81 bits per heavy atom. The Morgan fingerprint density at radius 1 is 1.14 bits per heavy atom. The van der Waals surface area contributed by atoms with Crippen molar-refractivity contribution in [3.63, 3.8) is 0 Å². The molecule has 4 heteroatoms. The van der Waals surface area contributed by atoms with Crippen LogP contribution in [0.15, 0.2) is 48.5 Å². The summed E-state index contributed by atoms with van der Waals surface area (Å²) in [6, 6.07) is 16.0. The number of benzene rings is 2. The van der Waals surface area contributed by atoms with Crippen molar-refractivity contribution in [2.24, 2.45) is 0 Å². The number of rotatable bonds is 3. The Morgan fingerprint density at radius 3 is 2.43 bits per heavy atom. The van der Waals surface area contributed by atoms with Gasteiger partial charge in [0.25, 0.3) is 0 Å². The number of aryl methyl sites for hydroxylation is 1. The van der Waals surface area contributed by atoms with Crippen molar-refractivity contribution in [3.8, 4) is 0 Å². The van der Waals surface area contributed by atoms with Gasteiger partial charge in [0.1, 0.15) is 6.10 Å². The summed E-state index contributed by atoms with van der Waals surface area (Å²) in [5.74, 6) is -0.724. The maximum Gasteiger partial charge on any atom is 0.205 e. The van der Waals surface area contributed by atoms with E-state index in [0.29, 0.717) is 11.9 Å². The first-order chi connectivity index (χ1) is 10.1. The van der Waals surface area contributed by atoms with E-state index in [-0.39, 0.29) is 6.10 Å². The molecule has 0 radical (unpaired) electrons. The molecule has 1 saturated heterocycles. The highest BCUT2D eigenvalue weighted by atomic mass is 79.9. The lowest BCUT2D eigenvalue weighted by atomic mass is 10.1. The number of alkyl halides is 1. The molecule has 0 saturated carbocycles. The molecule has 1 aliphatic rings. The minimum Gasteiger partial charge on any atom is -0.342 e. The lowest BCUT2D eigenvalue weighted by molar-refractivity contribution is -0.157. The first kappa shape index (κ1) is 15.0. The summed E-state index contributed by atoms with van der Waals surface area (Å²) in [7, 11) is 0. The molecule has 21 heavy (non-hydrogen) atoms. The van der Waals surface area contributed by atoms with Crippen molar-refractivity contribution in [2.75, 3.05) is 11.9 Å². The van der Waals surface area contributed by atoms with Crippen molar-refractivity contribution >= 4 is 27.5 Å². The van der Waals surface area contributed by atoms with Crippen LogP contribution in [-0.4, -0.2) is 11.9 Å². The molecule has 2 atom stereocenters. The van der Waals surface area contributed by atoms with Gasteiger partial charge in [-0.1, -0.05) is 69.5 Å². The third kappa shape index (κ3) is 3.02. The van der Waals surface area contributed by atoms with Crippen molar-refractivity contribution in [3.05, 3.63) is 70.2 Å². The highest BCUT2D eigenvalue weighted by Gasteiger charge is 2.42. The topological polar surface area (TPSA) is 18.5 Å². The predicted molar refractivity (Wildman–Crippen MR) is 87.9 cm³/mol. The Balaban J connectivity index is 1.85. The summed E-state index contributed by atoms with van der Waals surface area (Å²) in [5, 5.41) is 1.32. The first-order valence-electron chi connectivity index (χ1n) is 6.83. The predicted octanol–water partition coefficient (Wildman–Crippen LogP) is 4.98. The van der Waals surface area contributed by atoms with Crippen molar-refractivity contribution < 1.29 is 9.47 Å². The third-order valence-corrected chi connectivity index (χ3v) is 4.70. The highest BCUT2D eigenvalue weighted by molar-refractivity contribution is 9.09. The van der Waals surface area contributed by atoms with E-state index in [9.17, 15) is 0 Å². The second kappa shape index (κ2) is 6.09. The van der Waals surface area contributed by atoms with E-state index in [1.54, 1.807) is 0 Å². The summed E-state index contributed by atoms with van der Waals surface area (Å²) in [6.45, 7) is 2.60. The van der Waals surface area contributed by atoms with Crippen LogP contribution in [0, 0.1) is 6.92 Å². The maximum absolute atomic E-state index is 6.24. The second-order valence-electron chi connectivity index (χ2n) is 5.22. The monoisotopic (exact) mass is 366 g/mol. The SMILES string of the molecule is Cc1ccc(C2(CBr)OCC(c3ccc(Cl)cc3)O2)cc1. The van der Waals surface area contributed by atoms with Crippen LogP contribution in [0.2, 0.25) is 5.02 Å². The summed E-state index contributed by atoms with van der Waals surface area (Å²) < 4.78 is 12.2. The lowest BCUT2D eigenvalue weighted by Crippen LogP contribution is -2.29. The van der Waals surface area contributed by atoms with Gasteiger partial charge in [0.05, 0.1) is 11.9 Å². The molecule has 2 unspecified atom stereocenters. The lowest BCUT2D eigenvalue weighted by Gasteiger charge is -2.26. The van der Waals surface area contributed by atoms with Gasteiger partial charge in [0.15, 0.2) is 0 Å². The van der Waals surface area contributed by atoms with Gasteiger partial charge in [0.2, 0.25) is 5.79 Å². The molecule has 0 spiro atoms. The van der Waals surface area contributed by atoms with Gasteiger partial charge < -0.3 is 9.47 Å². The number of hydrogen-bond donors (Lipinski definition) is 0. The van der Waals surface area contributed by atoms with Crippen LogP contribution in [-0.2, 0) is 15.3 Å². The molecule has 110 valence electrons. The van der Waals surface area contributed by atoms with Gasteiger partial charge in [-0.15, -0.1) is 0 Å². The van der Waals surface area contributed by atoms with E-state index in [1.807, 2.05) is 24.3 Å². The van der Waals surface area contributed by atoms with Crippen LogP contribution in [0.5, 0.6) is 0 Å². The van der Waals surface area contributed by atoms with Crippen LogP contribution in [0.25, 0.3) is 0 Å². The van der Waals surface area contributed by atoms with Crippen molar-refractivity contribution in [2.45, 2.75) is 18.8 Å². The molecule has 0 N–H and O–H groups in total. The van der Waals surface area contributed by atoms with Crippen LogP contribution in [0.4, 0.5) is 0 Å². The number of halogens is 2. The van der Waals surface area contributed by atoms with Gasteiger partial charge in [-0.05, 0) is 24.6 Å². The summed E-state index contributed by atoms with van der Waals surface area (Å²) >= 11 is 9.46. The fourth-order valence-corrected chi connectivity index (χ4v) is 3.20. The fourth-order valence-electron chi connectivity index (χ4n) is 2.46. The van der Waals surface area contributed by atoms with E-state index >= 15 is 0 Å². The van der Waals surface area contributed by atoms with Crippen LogP contribution in [0.3, 0.4) is 0 Å². The standard InChI is InChI=1S/C17H16BrClO2/c1-12-2-6-14(7-3-12)17(11-18)20-10-16(21-17)13-4-8-15(19)9-5-13/h2-9,16H,10-11H2,1H3. The molecule has 0 bridgehead atoms. The van der Waals surface area contributed by atoms with Gasteiger partial charge in [-0.3, -0.25) is 0 Å². The third-order valence-electron chi connectivity index (χ3n) is 3.71. The van der Waals surface area contributed by atoms with Gasteiger partial charge in [-0.25, -0.2) is 0 Å². The number of hydrogen-bond acceptors (Lipinski definition) is 2. The molecule has 3 rings (SSSR count). The van der Waals surface area contributed by atoms with E-state index < -0.39 is 5.79 Å². The minimum absolute atomic E-state index is 0.0823. The highest BCUT2D eigenvalue weighted by Crippen LogP contribution is 2.41. The van der Waals surface area contributed by atoms with Crippen LogP contribution < -0.4 is 0 Å². The Bertz CT molecular complexity index is 612. The first-order valence-corrected chi connectivity index (χ1v) is 8.33. The molecular weight excluding hydrogens is 352 g/mol. The summed E-state index contributed by atoms with van der Waals surface area (Å²) in [5.41, 5.74) is 3.33. The smallest absolute Gasteiger partial charge is 0.205 e. The summed E-state index contributed by atoms with van der Waals surface area (Å²) in [4.78, 5) is 0. The zero-order valence-electron chi connectivity index (χ0n) is 11.7. The molecule has 2 aromatic rings. The molecule has 0 aromatic heterocycles. The van der Waals surface area contributed by atoms with Crippen molar-refractivity contribution in [1.82, 2.24) is 0 Å². The molecule has 0 aliphatic carbocycles. The van der Waals surface area contributed by atoms with E-state index in [2.05, 4.69) is 47.1 Å². The van der Waals surface area contributed by atoms with E-state index in [4.69, 9.17) is 21.1 Å². The molecule has 0 amide bonds. The van der Waals surface area contributed by atoms with Crippen LogP contribution in [0.1, 0.15) is 22.8 Å². The zero-order valence-corrected chi connectivity index (χ0v) is 14.0. The molecule has 1 aliphatic heterocycles. The van der Waals surface area contributed by atoms with E-state index in [0.717, 1.165) is 16.1 Å². The van der Waals surface area contributed by atoms with Gasteiger partial charge >= 0.3 is 0 Å². The summed E-state index contributed by atoms with van der Waals surface area (Å²) in [6.07, 6.45) is -0.0823. The molecule has 1 heterocycles. The van der Waals surface area contributed by atoms with Crippen molar-refractivity contribution in [1.29, 1.82) is 0 Å². The average molecular weight is 368 g/mol. The largest absolute Gasteiger partial charge is 0.342 e. The van der Waals surface area contributed by atoms with Gasteiger partial charge in [-0.2, -0.15) is 0 Å². The normalized spacial score (nSPS) is 25.2. The molecule has 2 nitrogen and oxygen atoms in total. The zero-order chi connectivity index (χ0) is 14.9. The van der Waals surface area contributed by atoms with Crippen LogP contribution >= 0.6 is 27.5 Å². The molecule has 2 aromatic carbocycles. The Labute approximate surface area is 138 Å². The fraction of sp³-hybridized carbons (Fsp3) is 0.294. The van der Waals surface area contributed by atoms with E-state index in [1.165, 1.54) is 5.56 Å². The Hall–Kier alpha value is -0.870. The molecule has 1 fully saturated rings. The van der Waals surface area contributed by atoms with Gasteiger partial charge in [0, 0.05) is 10.6 Å². The number of ether oxygens (including phenoxy) is 2. The molecular formula is C17H16BrClO2. The second-order valence-corrected chi connectivity index (χ2v) is 6.22. The Kier molecular flexibility index (Phi) is 4.36. The average Bonchev–Trinajstić information content (AvgIpc) is 2.94. The minimum atomic E-state index is -0.724. The quantitative estimate of drug-likeness (QED) is 0.712. The maximum atomic E-state index is 6.24.